The molecule has 0 amide bonds. The molecule has 1 atom stereocenters. The van der Waals surface area contributed by atoms with Crippen molar-refractivity contribution in [3.63, 3.8) is 0 Å². The molecule has 0 saturated carbocycles. The van der Waals surface area contributed by atoms with Gasteiger partial charge in [-0.1, -0.05) is 37.9 Å². The largest absolute Gasteiger partial charge is 0.378 e. The zero-order valence-electron chi connectivity index (χ0n) is 7.59. The molecular formula is C10H11Br2NO. The van der Waals surface area contributed by atoms with Crippen LogP contribution in [0.25, 0.3) is 0 Å². The molecule has 2 rings (SSSR count). The molecule has 1 fully saturated rings. The van der Waals surface area contributed by atoms with Crippen LogP contribution in [0.15, 0.2) is 27.1 Å². The van der Waals surface area contributed by atoms with E-state index in [0.717, 1.165) is 28.7 Å². The highest BCUT2D eigenvalue weighted by Gasteiger charge is 2.17. The van der Waals surface area contributed by atoms with Crippen LogP contribution in [0.4, 0.5) is 0 Å². The van der Waals surface area contributed by atoms with E-state index in [2.05, 4.69) is 55.4 Å². The van der Waals surface area contributed by atoms with Crippen molar-refractivity contribution in [3.8, 4) is 0 Å². The molecule has 2 nitrogen and oxygen atoms in total. The van der Waals surface area contributed by atoms with Crippen LogP contribution >= 0.6 is 31.9 Å². The predicted molar refractivity (Wildman–Crippen MR) is 63.4 cm³/mol. The van der Waals surface area contributed by atoms with Gasteiger partial charge in [0.1, 0.15) is 0 Å². The highest BCUT2D eigenvalue weighted by molar-refractivity contribution is 9.11. The van der Waals surface area contributed by atoms with Crippen LogP contribution in [-0.2, 0) is 4.74 Å². The minimum absolute atomic E-state index is 0.311. The lowest BCUT2D eigenvalue weighted by molar-refractivity contribution is 0.0767. The van der Waals surface area contributed by atoms with Gasteiger partial charge < -0.3 is 10.1 Å². The predicted octanol–water partition coefficient (Wildman–Crippen LogP) is 2.87. The van der Waals surface area contributed by atoms with Crippen molar-refractivity contribution in [1.29, 1.82) is 0 Å². The van der Waals surface area contributed by atoms with E-state index in [1.165, 1.54) is 5.56 Å². The number of halogens is 2. The summed E-state index contributed by atoms with van der Waals surface area (Å²) >= 11 is 7.00. The quantitative estimate of drug-likeness (QED) is 0.859. The Labute approximate surface area is 100 Å². The minimum atomic E-state index is 0.311. The normalized spacial score (nSPS) is 22.3. The maximum Gasteiger partial charge on any atom is 0.0662 e. The average molecular weight is 321 g/mol. The van der Waals surface area contributed by atoms with Crippen LogP contribution in [0.5, 0.6) is 0 Å². The van der Waals surface area contributed by atoms with E-state index in [1.54, 1.807) is 0 Å². The van der Waals surface area contributed by atoms with Gasteiger partial charge in [-0.25, -0.2) is 0 Å². The number of ether oxygens (including phenoxy) is 1. The van der Waals surface area contributed by atoms with Crippen LogP contribution in [0, 0.1) is 0 Å². The average Bonchev–Trinajstić information content (AvgIpc) is 2.19. The Balaban J connectivity index is 2.22. The Morgan fingerprint density at radius 3 is 2.86 bits per heavy atom. The van der Waals surface area contributed by atoms with Gasteiger partial charge in [0.2, 0.25) is 0 Å². The summed E-state index contributed by atoms with van der Waals surface area (Å²) in [7, 11) is 0. The monoisotopic (exact) mass is 319 g/mol. The Morgan fingerprint density at radius 2 is 2.21 bits per heavy atom. The van der Waals surface area contributed by atoms with Crippen LogP contribution in [0.1, 0.15) is 11.6 Å². The molecule has 0 bridgehead atoms. The minimum Gasteiger partial charge on any atom is -0.378 e. The molecule has 1 aliphatic rings. The summed E-state index contributed by atoms with van der Waals surface area (Å²) in [5.41, 5.74) is 1.26. The molecule has 4 heteroatoms. The maximum atomic E-state index is 5.43. The second-order valence-corrected chi connectivity index (χ2v) is 5.02. The summed E-state index contributed by atoms with van der Waals surface area (Å²) in [5.74, 6) is 0. The number of hydrogen-bond acceptors (Lipinski definition) is 2. The smallest absolute Gasteiger partial charge is 0.0662 e. The van der Waals surface area contributed by atoms with Crippen molar-refractivity contribution in [1.82, 2.24) is 5.32 Å². The fraction of sp³-hybridized carbons (Fsp3) is 0.400. The van der Waals surface area contributed by atoms with Gasteiger partial charge in [-0.3, -0.25) is 0 Å². The summed E-state index contributed by atoms with van der Waals surface area (Å²) in [5, 5.41) is 3.43. The van der Waals surface area contributed by atoms with Crippen LogP contribution in [0.2, 0.25) is 0 Å². The molecule has 1 heterocycles. The summed E-state index contributed by atoms with van der Waals surface area (Å²) in [4.78, 5) is 0. The van der Waals surface area contributed by atoms with Crippen LogP contribution < -0.4 is 5.32 Å². The fourth-order valence-corrected chi connectivity index (χ4v) is 2.87. The molecule has 0 aliphatic carbocycles. The molecule has 0 unspecified atom stereocenters. The van der Waals surface area contributed by atoms with Crippen LogP contribution in [0.3, 0.4) is 0 Å². The lowest BCUT2D eigenvalue weighted by Gasteiger charge is -2.25. The van der Waals surface area contributed by atoms with Gasteiger partial charge in [0, 0.05) is 15.5 Å². The van der Waals surface area contributed by atoms with Gasteiger partial charge >= 0.3 is 0 Å². The topological polar surface area (TPSA) is 21.3 Å². The molecule has 14 heavy (non-hydrogen) atoms. The van der Waals surface area contributed by atoms with Gasteiger partial charge in [-0.15, -0.1) is 0 Å². The molecule has 1 N–H and O–H groups in total. The second kappa shape index (κ2) is 4.75. The number of morpholine rings is 1. The molecular weight excluding hydrogens is 310 g/mol. The van der Waals surface area contributed by atoms with Gasteiger partial charge in [0.05, 0.1) is 19.3 Å². The molecule has 1 aromatic carbocycles. The van der Waals surface area contributed by atoms with Crippen molar-refractivity contribution in [2.24, 2.45) is 0 Å². The van der Waals surface area contributed by atoms with E-state index in [-0.39, 0.29) is 0 Å². The summed E-state index contributed by atoms with van der Waals surface area (Å²) < 4.78 is 7.63. The fourth-order valence-electron chi connectivity index (χ4n) is 1.55. The second-order valence-electron chi connectivity index (χ2n) is 3.25. The van der Waals surface area contributed by atoms with Crippen molar-refractivity contribution >= 4 is 31.9 Å². The van der Waals surface area contributed by atoms with Crippen LogP contribution in [-0.4, -0.2) is 19.8 Å². The summed E-state index contributed by atoms with van der Waals surface area (Å²) in [6, 6.07) is 6.54. The third-order valence-corrected chi connectivity index (χ3v) is 3.44. The van der Waals surface area contributed by atoms with Crippen molar-refractivity contribution < 1.29 is 4.74 Å². The molecule has 1 aliphatic heterocycles. The van der Waals surface area contributed by atoms with E-state index >= 15 is 0 Å². The number of hydrogen-bond donors (Lipinski definition) is 1. The first-order valence-electron chi connectivity index (χ1n) is 4.53. The Morgan fingerprint density at radius 1 is 1.36 bits per heavy atom. The number of rotatable bonds is 1. The lowest BCUT2D eigenvalue weighted by Crippen LogP contribution is -2.34. The Hall–Kier alpha value is 0.1000. The van der Waals surface area contributed by atoms with E-state index in [1.807, 2.05) is 0 Å². The SMILES string of the molecule is Brc1ccc([C@@H]2COCCN2)c(Br)c1. The summed E-state index contributed by atoms with van der Waals surface area (Å²) in [6.07, 6.45) is 0. The Bertz CT molecular complexity index is 324. The highest BCUT2D eigenvalue weighted by Crippen LogP contribution is 2.27. The standard InChI is InChI=1S/C10H11Br2NO/c11-7-1-2-8(9(12)5-7)10-6-14-4-3-13-10/h1-2,5,10,13H,3-4,6H2/t10-/m0/s1. The molecule has 76 valence electrons. The summed E-state index contributed by atoms with van der Waals surface area (Å²) in [6.45, 7) is 2.48. The van der Waals surface area contributed by atoms with E-state index in [4.69, 9.17) is 4.74 Å². The molecule has 1 saturated heterocycles. The van der Waals surface area contributed by atoms with Crippen molar-refractivity contribution in [2.75, 3.05) is 19.8 Å². The van der Waals surface area contributed by atoms with E-state index in [0.29, 0.717) is 6.04 Å². The lowest BCUT2D eigenvalue weighted by atomic mass is 10.1. The number of benzene rings is 1. The first-order chi connectivity index (χ1) is 6.77. The third-order valence-electron chi connectivity index (χ3n) is 2.26. The maximum absolute atomic E-state index is 5.43. The Kier molecular flexibility index (Phi) is 3.60. The zero-order valence-corrected chi connectivity index (χ0v) is 10.8. The molecule has 1 aromatic rings. The van der Waals surface area contributed by atoms with Crippen molar-refractivity contribution in [2.45, 2.75) is 6.04 Å². The van der Waals surface area contributed by atoms with Crippen molar-refractivity contribution in [3.05, 3.63) is 32.7 Å². The van der Waals surface area contributed by atoms with Gasteiger partial charge in [0.25, 0.3) is 0 Å². The zero-order chi connectivity index (χ0) is 9.97. The van der Waals surface area contributed by atoms with Gasteiger partial charge in [-0.2, -0.15) is 0 Å². The van der Waals surface area contributed by atoms with Gasteiger partial charge in [0.15, 0.2) is 0 Å². The molecule has 0 aromatic heterocycles. The molecule has 0 spiro atoms. The van der Waals surface area contributed by atoms with E-state index in [9.17, 15) is 0 Å². The van der Waals surface area contributed by atoms with E-state index < -0.39 is 0 Å². The van der Waals surface area contributed by atoms with Gasteiger partial charge in [-0.05, 0) is 17.7 Å². The number of nitrogens with one attached hydrogen (secondary N) is 1. The third kappa shape index (κ3) is 2.37. The highest BCUT2D eigenvalue weighted by atomic mass is 79.9. The molecule has 0 radical (unpaired) electrons. The first kappa shape index (κ1) is 10.6. The first-order valence-corrected chi connectivity index (χ1v) is 6.12.